The molecule has 0 fully saturated rings. The minimum absolute atomic E-state index is 0.487. The molecule has 0 bridgehead atoms. The van der Waals surface area contributed by atoms with Crippen LogP contribution in [0.3, 0.4) is 0 Å². The molecule has 1 atom stereocenters. The van der Waals surface area contributed by atoms with Crippen LogP contribution in [0.4, 0.5) is 5.82 Å². The van der Waals surface area contributed by atoms with Crippen LogP contribution in [0.5, 0.6) is 0 Å². The zero-order valence-corrected chi connectivity index (χ0v) is 10.3. The van der Waals surface area contributed by atoms with E-state index in [-0.39, 0.29) is 0 Å². The van der Waals surface area contributed by atoms with Crippen molar-refractivity contribution in [2.24, 2.45) is 5.92 Å². The molecule has 0 spiro atoms. The number of hydrogen-bond donors (Lipinski definition) is 1. The van der Waals surface area contributed by atoms with E-state index in [1.165, 1.54) is 18.3 Å². The highest BCUT2D eigenvalue weighted by Gasteiger charge is 2.22. The topological polar surface area (TPSA) is 55.1 Å². The standard InChI is InChI=1S/C13H15N5/c1-3-6-14-12-10-5-4-9(2)7-11(10)17-13-15-8-16-18(12)13/h1,8-9,14H,4-7H2,2H3/t9-/m0/s1. The molecule has 0 aromatic carbocycles. The molecule has 1 N–H and O–H groups in total. The largest absolute Gasteiger partial charge is 0.359 e. The number of fused-ring (bicyclic) bond motifs is 2. The third-order valence-corrected chi connectivity index (χ3v) is 3.40. The first kappa shape index (κ1) is 11.0. The van der Waals surface area contributed by atoms with Crippen LogP contribution in [0, 0.1) is 18.3 Å². The minimum Gasteiger partial charge on any atom is -0.359 e. The first-order valence-electron chi connectivity index (χ1n) is 6.18. The Kier molecular flexibility index (Phi) is 2.63. The zero-order valence-electron chi connectivity index (χ0n) is 10.3. The van der Waals surface area contributed by atoms with E-state index in [1.54, 1.807) is 4.52 Å². The van der Waals surface area contributed by atoms with Gasteiger partial charge in [-0.3, -0.25) is 0 Å². The molecule has 5 nitrogen and oxygen atoms in total. The second-order valence-electron chi connectivity index (χ2n) is 4.76. The molecule has 5 heteroatoms. The second-order valence-corrected chi connectivity index (χ2v) is 4.76. The molecule has 3 rings (SSSR count). The van der Waals surface area contributed by atoms with Crippen molar-refractivity contribution in [3.63, 3.8) is 0 Å². The van der Waals surface area contributed by atoms with Gasteiger partial charge in [0.1, 0.15) is 12.1 Å². The monoisotopic (exact) mass is 241 g/mol. The number of anilines is 1. The molecule has 1 aliphatic rings. The number of terminal acetylenes is 1. The summed E-state index contributed by atoms with van der Waals surface area (Å²) in [5, 5.41) is 7.46. The van der Waals surface area contributed by atoms with E-state index >= 15 is 0 Å². The third kappa shape index (κ3) is 1.70. The number of aromatic nitrogens is 4. The third-order valence-electron chi connectivity index (χ3n) is 3.40. The molecule has 0 saturated carbocycles. The average molecular weight is 241 g/mol. The highest BCUT2D eigenvalue weighted by Crippen LogP contribution is 2.29. The summed E-state index contributed by atoms with van der Waals surface area (Å²) < 4.78 is 1.74. The van der Waals surface area contributed by atoms with Crippen LogP contribution in [0.1, 0.15) is 24.6 Å². The van der Waals surface area contributed by atoms with Crippen molar-refractivity contribution in [1.82, 2.24) is 19.6 Å². The van der Waals surface area contributed by atoms with Gasteiger partial charge in [-0.15, -0.1) is 6.42 Å². The van der Waals surface area contributed by atoms with E-state index in [2.05, 4.69) is 33.2 Å². The number of nitrogens with one attached hydrogen (secondary N) is 1. The van der Waals surface area contributed by atoms with Crippen molar-refractivity contribution in [3.05, 3.63) is 17.6 Å². The van der Waals surface area contributed by atoms with Gasteiger partial charge in [0.25, 0.3) is 5.78 Å². The number of nitrogens with zero attached hydrogens (tertiary/aromatic N) is 4. The molecule has 2 aromatic heterocycles. The molecule has 18 heavy (non-hydrogen) atoms. The molecule has 0 unspecified atom stereocenters. The van der Waals surface area contributed by atoms with Gasteiger partial charge in [0.15, 0.2) is 0 Å². The summed E-state index contributed by atoms with van der Waals surface area (Å²) in [6.45, 7) is 2.74. The Morgan fingerprint density at radius 2 is 2.50 bits per heavy atom. The van der Waals surface area contributed by atoms with Gasteiger partial charge in [0, 0.05) is 5.56 Å². The zero-order chi connectivity index (χ0) is 12.5. The van der Waals surface area contributed by atoms with E-state index < -0.39 is 0 Å². The highest BCUT2D eigenvalue weighted by molar-refractivity contribution is 5.54. The van der Waals surface area contributed by atoms with E-state index in [0.717, 1.165) is 24.4 Å². The van der Waals surface area contributed by atoms with Crippen molar-refractivity contribution in [3.8, 4) is 12.3 Å². The maximum absolute atomic E-state index is 5.32. The Morgan fingerprint density at radius 1 is 1.61 bits per heavy atom. The fourth-order valence-electron chi connectivity index (χ4n) is 2.49. The Hall–Kier alpha value is -2.09. The van der Waals surface area contributed by atoms with Crippen molar-refractivity contribution < 1.29 is 0 Å². The number of hydrogen-bond acceptors (Lipinski definition) is 4. The van der Waals surface area contributed by atoms with Crippen molar-refractivity contribution in [1.29, 1.82) is 0 Å². The number of rotatable bonds is 2. The Balaban J connectivity index is 2.16. The predicted octanol–water partition coefficient (Wildman–Crippen LogP) is 1.29. The summed E-state index contributed by atoms with van der Waals surface area (Å²) in [5.74, 6) is 4.87. The summed E-state index contributed by atoms with van der Waals surface area (Å²) in [7, 11) is 0. The summed E-state index contributed by atoms with van der Waals surface area (Å²) in [6, 6.07) is 0. The maximum Gasteiger partial charge on any atom is 0.254 e. The van der Waals surface area contributed by atoms with E-state index in [4.69, 9.17) is 6.42 Å². The Labute approximate surface area is 106 Å². The van der Waals surface area contributed by atoms with Gasteiger partial charge in [-0.05, 0) is 25.2 Å². The first-order valence-corrected chi connectivity index (χ1v) is 6.18. The van der Waals surface area contributed by atoms with Crippen molar-refractivity contribution >= 4 is 11.6 Å². The fraction of sp³-hybridized carbons (Fsp3) is 0.462. The van der Waals surface area contributed by atoms with Gasteiger partial charge >= 0.3 is 0 Å². The van der Waals surface area contributed by atoms with Gasteiger partial charge in [-0.1, -0.05) is 12.8 Å². The average Bonchev–Trinajstić information content (AvgIpc) is 2.82. The van der Waals surface area contributed by atoms with Crippen molar-refractivity contribution in [2.75, 3.05) is 11.9 Å². The quantitative estimate of drug-likeness (QED) is 0.805. The van der Waals surface area contributed by atoms with Crippen LogP contribution in [0.25, 0.3) is 5.78 Å². The Bertz CT molecular complexity index is 622. The van der Waals surface area contributed by atoms with Gasteiger partial charge in [0.05, 0.1) is 12.2 Å². The SMILES string of the molecule is C#CCNc1c2c(nc3ncnn13)C[C@@H](C)CC2. The lowest BCUT2D eigenvalue weighted by molar-refractivity contribution is 0.491. The smallest absolute Gasteiger partial charge is 0.254 e. The van der Waals surface area contributed by atoms with Gasteiger partial charge in [0.2, 0.25) is 0 Å². The molecule has 0 amide bonds. The lowest BCUT2D eigenvalue weighted by Gasteiger charge is -2.23. The normalized spacial score (nSPS) is 18.3. The van der Waals surface area contributed by atoms with Gasteiger partial charge in [-0.2, -0.15) is 14.6 Å². The summed E-state index contributed by atoms with van der Waals surface area (Å²) in [4.78, 5) is 8.76. The van der Waals surface area contributed by atoms with Crippen LogP contribution in [-0.2, 0) is 12.8 Å². The lowest BCUT2D eigenvalue weighted by atomic mass is 9.88. The maximum atomic E-state index is 5.32. The molecular formula is C13H15N5. The van der Waals surface area contributed by atoms with E-state index in [1.807, 2.05) is 0 Å². The van der Waals surface area contributed by atoms with Crippen LogP contribution < -0.4 is 5.32 Å². The van der Waals surface area contributed by atoms with Crippen LogP contribution in [0.2, 0.25) is 0 Å². The fourth-order valence-corrected chi connectivity index (χ4v) is 2.49. The molecule has 0 radical (unpaired) electrons. The molecule has 2 aromatic rings. The van der Waals surface area contributed by atoms with Gasteiger partial charge in [-0.25, -0.2) is 4.98 Å². The van der Waals surface area contributed by atoms with Crippen LogP contribution in [0.15, 0.2) is 6.33 Å². The summed E-state index contributed by atoms with van der Waals surface area (Å²) in [6.07, 6.45) is 10.1. The summed E-state index contributed by atoms with van der Waals surface area (Å²) in [5.41, 5.74) is 2.37. The highest BCUT2D eigenvalue weighted by atomic mass is 15.4. The molecule has 2 heterocycles. The van der Waals surface area contributed by atoms with E-state index in [0.29, 0.717) is 18.2 Å². The predicted molar refractivity (Wildman–Crippen MR) is 69.3 cm³/mol. The van der Waals surface area contributed by atoms with Crippen molar-refractivity contribution in [2.45, 2.75) is 26.2 Å². The molecule has 1 aliphatic carbocycles. The van der Waals surface area contributed by atoms with Gasteiger partial charge < -0.3 is 5.32 Å². The van der Waals surface area contributed by atoms with Crippen LogP contribution in [-0.4, -0.2) is 26.1 Å². The first-order chi connectivity index (χ1) is 8.79. The minimum atomic E-state index is 0.487. The molecule has 0 aliphatic heterocycles. The lowest BCUT2D eigenvalue weighted by Crippen LogP contribution is -2.19. The molecule has 0 saturated heterocycles. The molecule has 92 valence electrons. The summed E-state index contributed by atoms with van der Waals surface area (Å²) >= 11 is 0. The Morgan fingerprint density at radius 3 is 3.33 bits per heavy atom. The molecular weight excluding hydrogens is 226 g/mol. The second kappa shape index (κ2) is 4.30. The van der Waals surface area contributed by atoms with Crippen LogP contribution >= 0.6 is 0 Å². The van der Waals surface area contributed by atoms with E-state index in [9.17, 15) is 0 Å².